The lowest BCUT2D eigenvalue weighted by Crippen LogP contribution is -2.32. The SMILES string of the molecule is COCCN1C(=O)C(=O)/C(=C(\O)c2ccc3c(c2)CCCC3)C1c1cccc(OC)c1. The topological polar surface area (TPSA) is 76.1 Å². The van der Waals surface area contributed by atoms with Crippen molar-refractivity contribution in [3.8, 4) is 5.75 Å². The van der Waals surface area contributed by atoms with Crippen molar-refractivity contribution in [1.29, 1.82) is 0 Å². The Morgan fingerprint density at radius 2 is 1.84 bits per heavy atom. The van der Waals surface area contributed by atoms with Crippen LogP contribution in [0.3, 0.4) is 0 Å². The third-order valence-electron chi connectivity index (χ3n) is 6.11. The zero-order chi connectivity index (χ0) is 22.0. The van der Waals surface area contributed by atoms with E-state index in [1.54, 1.807) is 26.4 Å². The van der Waals surface area contributed by atoms with Crippen molar-refractivity contribution < 1.29 is 24.2 Å². The van der Waals surface area contributed by atoms with Crippen molar-refractivity contribution in [3.63, 3.8) is 0 Å². The molecule has 31 heavy (non-hydrogen) atoms. The Hall–Kier alpha value is -3.12. The zero-order valence-electron chi connectivity index (χ0n) is 17.9. The predicted octanol–water partition coefficient (Wildman–Crippen LogP) is 3.64. The first-order chi connectivity index (χ1) is 15.0. The van der Waals surface area contributed by atoms with Gasteiger partial charge < -0.3 is 19.5 Å². The van der Waals surface area contributed by atoms with E-state index in [1.807, 2.05) is 30.3 Å². The number of carbonyl (C=O) groups is 2. The Labute approximate surface area is 182 Å². The number of carbonyl (C=O) groups excluding carboxylic acids is 2. The number of hydrogen-bond donors (Lipinski definition) is 1. The fourth-order valence-corrected chi connectivity index (χ4v) is 4.49. The number of amides is 1. The number of nitrogens with zero attached hydrogens (tertiary/aromatic N) is 1. The summed E-state index contributed by atoms with van der Waals surface area (Å²) in [6.07, 6.45) is 4.26. The number of fused-ring (bicyclic) bond motifs is 1. The standard InChI is InChI=1S/C25H27NO5/c1-30-13-12-26-22(18-8-5-9-20(15-18)31-2)21(24(28)25(26)29)23(27)19-11-10-16-6-3-4-7-17(16)14-19/h5,8-11,14-15,22,27H,3-4,6-7,12-13H2,1-2H3/b23-21-. The highest BCUT2D eigenvalue weighted by Gasteiger charge is 2.46. The summed E-state index contributed by atoms with van der Waals surface area (Å²) >= 11 is 0. The fourth-order valence-electron chi connectivity index (χ4n) is 4.49. The van der Waals surface area contributed by atoms with Crippen LogP contribution in [-0.2, 0) is 27.2 Å². The zero-order valence-corrected chi connectivity index (χ0v) is 17.9. The van der Waals surface area contributed by atoms with Crippen LogP contribution < -0.4 is 4.74 Å². The summed E-state index contributed by atoms with van der Waals surface area (Å²) in [5.74, 6) is -0.841. The van der Waals surface area contributed by atoms with Crippen molar-refractivity contribution in [2.45, 2.75) is 31.7 Å². The Kier molecular flexibility index (Phi) is 6.09. The number of hydrogen-bond acceptors (Lipinski definition) is 5. The molecule has 0 bridgehead atoms. The fraction of sp³-hybridized carbons (Fsp3) is 0.360. The summed E-state index contributed by atoms with van der Waals surface area (Å²) < 4.78 is 10.5. The number of ketones is 1. The van der Waals surface area contributed by atoms with Crippen LogP contribution in [0.25, 0.3) is 5.76 Å². The molecular formula is C25H27NO5. The highest BCUT2D eigenvalue weighted by Crippen LogP contribution is 2.40. The van der Waals surface area contributed by atoms with Crippen LogP contribution in [0.4, 0.5) is 0 Å². The first kappa shape index (κ1) is 21.1. The normalized spacial score (nSPS) is 20.1. The van der Waals surface area contributed by atoms with Gasteiger partial charge >= 0.3 is 0 Å². The smallest absolute Gasteiger partial charge is 0.295 e. The molecule has 1 heterocycles. The molecule has 4 rings (SSSR count). The molecule has 1 saturated heterocycles. The molecule has 0 radical (unpaired) electrons. The van der Waals surface area contributed by atoms with Gasteiger partial charge in [0, 0.05) is 19.2 Å². The van der Waals surface area contributed by atoms with Crippen molar-refractivity contribution in [2.24, 2.45) is 0 Å². The Morgan fingerprint density at radius 3 is 2.58 bits per heavy atom. The van der Waals surface area contributed by atoms with E-state index in [2.05, 4.69) is 0 Å². The van der Waals surface area contributed by atoms with Gasteiger partial charge in [0.2, 0.25) is 0 Å². The summed E-state index contributed by atoms with van der Waals surface area (Å²) in [6, 6.07) is 12.3. The maximum absolute atomic E-state index is 13.0. The largest absolute Gasteiger partial charge is 0.507 e. The molecule has 2 aliphatic rings. The third-order valence-corrected chi connectivity index (χ3v) is 6.11. The van der Waals surface area contributed by atoms with E-state index >= 15 is 0 Å². The molecule has 2 aromatic rings. The maximum atomic E-state index is 13.0. The van der Waals surface area contributed by atoms with Crippen molar-refractivity contribution >= 4 is 17.4 Å². The second-order valence-corrected chi connectivity index (χ2v) is 7.95. The van der Waals surface area contributed by atoms with Crippen LogP contribution in [0.2, 0.25) is 0 Å². The van der Waals surface area contributed by atoms with E-state index in [0.29, 0.717) is 16.9 Å². The Balaban J connectivity index is 1.84. The molecule has 1 N–H and O–H groups in total. The first-order valence-corrected chi connectivity index (χ1v) is 10.6. The summed E-state index contributed by atoms with van der Waals surface area (Å²) in [6.45, 7) is 0.524. The maximum Gasteiger partial charge on any atom is 0.295 e. The number of aliphatic hydroxyl groups excluding tert-OH is 1. The molecule has 1 atom stereocenters. The van der Waals surface area contributed by atoms with Gasteiger partial charge in [-0.15, -0.1) is 0 Å². The molecule has 1 unspecified atom stereocenters. The second-order valence-electron chi connectivity index (χ2n) is 7.95. The lowest BCUT2D eigenvalue weighted by Gasteiger charge is -2.25. The molecule has 0 saturated carbocycles. The summed E-state index contributed by atoms with van der Waals surface area (Å²) in [5.41, 5.74) is 3.85. The van der Waals surface area contributed by atoms with Crippen LogP contribution in [0, 0.1) is 0 Å². The minimum atomic E-state index is -0.707. The Bertz CT molecular complexity index is 1040. The third kappa shape index (κ3) is 3.95. The number of Topliss-reactive ketones (excluding diaryl/α,β-unsaturated/α-hetero) is 1. The van der Waals surface area contributed by atoms with Crippen molar-refractivity contribution in [3.05, 3.63) is 70.3 Å². The summed E-state index contributed by atoms with van der Waals surface area (Å²) in [4.78, 5) is 27.4. The highest BCUT2D eigenvalue weighted by atomic mass is 16.5. The number of ether oxygens (including phenoxy) is 2. The molecule has 2 aromatic carbocycles. The molecule has 6 heteroatoms. The molecule has 1 aliphatic heterocycles. The van der Waals surface area contributed by atoms with E-state index in [9.17, 15) is 14.7 Å². The monoisotopic (exact) mass is 421 g/mol. The second kappa shape index (κ2) is 8.94. The van der Waals surface area contributed by atoms with Gasteiger partial charge in [0.15, 0.2) is 0 Å². The average Bonchev–Trinajstić information content (AvgIpc) is 3.06. The number of rotatable bonds is 6. The number of aryl methyl sites for hydroxylation is 2. The predicted molar refractivity (Wildman–Crippen MR) is 117 cm³/mol. The number of aliphatic hydroxyl groups is 1. The van der Waals surface area contributed by atoms with Crippen LogP contribution in [0.5, 0.6) is 5.75 Å². The number of likely N-dealkylation sites (tertiary alicyclic amines) is 1. The van der Waals surface area contributed by atoms with Crippen LogP contribution in [-0.4, -0.2) is 49.1 Å². The van der Waals surface area contributed by atoms with Crippen molar-refractivity contribution in [2.75, 3.05) is 27.4 Å². The van der Waals surface area contributed by atoms with Gasteiger partial charge in [-0.2, -0.15) is 0 Å². The Morgan fingerprint density at radius 1 is 1.06 bits per heavy atom. The molecule has 162 valence electrons. The van der Waals surface area contributed by atoms with Crippen LogP contribution in [0.1, 0.15) is 41.1 Å². The van der Waals surface area contributed by atoms with E-state index in [4.69, 9.17) is 9.47 Å². The molecule has 1 fully saturated rings. The van der Waals surface area contributed by atoms with E-state index in [-0.39, 0.29) is 24.5 Å². The number of methoxy groups -OCH3 is 2. The van der Waals surface area contributed by atoms with E-state index < -0.39 is 17.7 Å². The molecule has 0 spiro atoms. The van der Waals surface area contributed by atoms with Gasteiger partial charge in [-0.05, 0) is 60.6 Å². The van der Waals surface area contributed by atoms with Crippen LogP contribution >= 0.6 is 0 Å². The molecule has 6 nitrogen and oxygen atoms in total. The minimum absolute atomic E-state index is 0.102. The van der Waals surface area contributed by atoms with Gasteiger partial charge in [-0.1, -0.05) is 24.3 Å². The van der Waals surface area contributed by atoms with Gasteiger partial charge in [-0.3, -0.25) is 9.59 Å². The van der Waals surface area contributed by atoms with Gasteiger partial charge in [0.25, 0.3) is 11.7 Å². The van der Waals surface area contributed by atoms with Crippen molar-refractivity contribution in [1.82, 2.24) is 4.90 Å². The lowest BCUT2D eigenvalue weighted by atomic mass is 9.88. The van der Waals surface area contributed by atoms with Crippen LogP contribution in [0.15, 0.2) is 48.0 Å². The molecular weight excluding hydrogens is 394 g/mol. The molecule has 1 aliphatic carbocycles. The van der Waals surface area contributed by atoms with Gasteiger partial charge in [-0.25, -0.2) is 0 Å². The highest BCUT2D eigenvalue weighted by molar-refractivity contribution is 6.46. The van der Waals surface area contributed by atoms with E-state index in [1.165, 1.54) is 22.4 Å². The molecule has 0 aromatic heterocycles. The lowest BCUT2D eigenvalue weighted by molar-refractivity contribution is -0.140. The van der Waals surface area contributed by atoms with E-state index in [0.717, 1.165) is 19.3 Å². The van der Waals surface area contributed by atoms with Gasteiger partial charge in [0.05, 0.1) is 25.3 Å². The minimum Gasteiger partial charge on any atom is -0.507 e. The quantitative estimate of drug-likeness (QED) is 0.438. The number of benzene rings is 2. The molecule has 1 amide bonds. The van der Waals surface area contributed by atoms with Gasteiger partial charge in [0.1, 0.15) is 11.5 Å². The first-order valence-electron chi connectivity index (χ1n) is 10.6. The summed E-state index contributed by atoms with van der Waals surface area (Å²) in [7, 11) is 3.11. The average molecular weight is 421 g/mol. The summed E-state index contributed by atoms with van der Waals surface area (Å²) in [5, 5.41) is 11.2.